The molecule has 0 saturated carbocycles. The van der Waals surface area contributed by atoms with Crippen LogP contribution in [0.15, 0.2) is 0 Å². The molecule has 0 bridgehead atoms. The first-order chi connectivity index (χ1) is 11.4. The molecule has 0 atom stereocenters. The van der Waals surface area contributed by atoms with Crippen molar-refractivity contribution in [1.29, 1.82) is 0 Å². The fraction of sp³-hybridized carbons (Fsp3) is 0.889. The SMILES string of the molecule is CCCCN(CCCC)C(=S)[S-].CCCCN(CCCC)C(=S)[S-].[Pb+2]. The Labute approximate surface area is 199 Å². The van der Waals surface area contributed by atoms with E-state index in [0.717, 1.165) is 26.2 Å². The molecular formula is C18H36N2PbS4. The molecule has 25 heavy (non-hydrogen) atoms. The van der Waals surface area contributed by atoms with Crippen LogP contribution in [0, 0.1) is 0 Å². The van der Waals surface area contributed by atoms with E-state index in [-0.39, 0.29) is 27.3 Å². The Morgan fingerprint density at radius 3 is 0.920 bits per heavy atom. The molecule has 0 aliphatic rings. The van der Waals surface area contributed by atoms with Crippen molar-refractivity contribution in [3.8, 4) is 0 Å². The zero-order valence-electron chi connectivity index (χ0n) is 16.5. The Kier molecular flexibility index (Phi) is 28.6. The summed E-state index contributed by atoms with van der Waals surface area (Å²) in [5, 5.41) is 0. The summed E-state index contributed by atoms with van der Waals surface area (Å²) in [6.45, 7) is 12.9. The Hall–Kier alpha value is 1.14. The summed E-state index contributed by atoms with van der Waals surface area (Å²) in [7, 11) is 0. The maximum absolute atomic E-state index is 4.98. The van der Waals surface area contributed by atoms with Gasteiger partial charge < -0.3 is 59.5 Å². The molecule has 0 aliphatic heterocycles. The van der Waals surface area contributed by atoms with Gasteiger partial charge in [-0.2, -0.15) is 0 Å². The normalized spacial score (nSPS) is 9.44. The third-order valence-corrected chi connectivity index (χ3v) is 4.68. The van der Waals surface area contributed by atoms with Gasteiger partial charge in [-0.1, -0.05) is 62.0 Å². The Morgan fingerprint density at radius 2 is 0.800 bits per heavy atom. The summed E-state index contributed by atoms with van der Waals surface area (Å²) in [4.78, 5) is 4.27. The molecule has 0 heterocycles. The van der Waals surface area contributed by atoms with Crippen molar-refractivity contribution in [2.24, 2.45) is 0 Å². The molecule has 2 radical (unpaired) electrons. The average molecular weight is 616 g/mol. The van der Waals surface area contributed by atoms with E-state index in [4.69, 9.17) is 49.7 Å². The van der Waals surface area contributed by atoms with Gasteiger partial charge in [0.05, 0.1) is 0 Å². The van der Waals surface area contributed by atoms with E-state index in [2.05, 4.69) is 37.5 Å². The first-order valence-corrected chi connectivity index (χ1v) is 11.0. The molecule has 0 aromatic carbocycles. The second kappa shape index (κ2) is 23.2. The molecule has 0 fully saturated rings. The summed E-state index contributed by atoms with van der Waals surface area (Å²) >= 11 is 19.9. The van der Waals surface area contributed by atoms with Crippen LogP contribution in [-0.2, 0) is 25.3 Å². The summed E-state index contributed by atoms with van der Waals surface area (Å²) in [5.74, 6) is 0. The predicted octanol–water partition coefficient (Wildman–Crippen LogP) is 5.06. The quantitative estimate of drug-likeness (QED) is 0.171. The van der Waals surface area contributed by atoms with Gasteiger partial charge in [0.25, 0.3) is 0 Å². The summed E-state index contributed by atoms with van der Waals surface area (Å²) in [5.41, 5.74) is 0. The number of unbranched alkanes of at least 4 members (excludes halogenated alkanes) is 4. The molecule has 0 N–H and O–H groups in total. The van der Waals surface area contributed by atoms with Crippen molar-refractivity contribution in [1.82, 2.24) is 9.80 Å². The van der Waals surface area contributed by atoms with Gasteiger partial charge in [0, 0.05) is 26.2 Å². The van der Waals surface area contributed by atoms with Crippen molar-refractivity contribution < 1.29 is 0 Å². The van der Waals surface area contributed by atoms with Gasteiger partial charge in [-0.25, -0.2) is 0 Å². The third-order valence-electron chi connectivity index (χ3n) is 3.64. The molecule has 0 aromatic rings. The maximum atomic E-state index is 4.98. The molecule has 146 valence electrons. The number of rotatable bonds is 12. The molecular weight excluding hydrogens is 580 g/mol. The van der Waals surface area contributed by atoms with Crippen molar-refractivity contribution in [2.75, 3.05) is 26.2 Å². The number of nitrogens with zero attached hydrogens (tertiary/aromatic N) is 2. The molecule has 2 nitrogen and oxygen atoms in total. The van der Waals surface area contributed by atoms with Crippen molar-refractivity contribution in [3.05, 3.63) is 0 Å². The zero-order chi connectivity index (χ0) is 18.8. The fourth-order valence-corrected chi connectivity index (χ4v) is 2.71. The van der Waals surface area contributed by atoms with E-state index in [1.807, 2.05) is 0 Å². The predicted molar refractivity (Wildman–Crippen MR) is 128 cm³/mol. The van der Waals surface area contributed by atoms with Crippen LogP contribution in [0.4, 0.5) is 0 Å². The number of hydrogen-bond acceptors (Lipinski definition) is 4. The van der Waals surface area contributed by atoms with Crippen LogP contribution in [0.5, 0.6) is 0 Å². The van der Waals surface area contributed by atoms with Gasteiger partial charge in [0.1, 0.15) is 0 Å². The van der Waals surface area contributed by atoms with E-state index >= 15 is 0 Å². The molecule has 7 heteroatoms. The van der Waals surface area contributed by atoms with Gasteiger partial charge in [-0.05, 0) is 25.7 Å². The van der Waals surface area contributed by atoms with Crippen LogP contribution in [0.3, 0.4) is 0 Å². The maximum Gasteiger partial charge on any atom is 2.00 e. The van der Waals surface area contributed by atoms with E-state index in [1.54, 1.807) is 0 Å². The standard InChI is InChI=1S/2C9H19NS2.Pb/c2*1-3-5-7-10(9(11)12)8-6-4-2;/h2*3-8H2,1-2H3,(H,11,12);/q;;+2/p-2. The van der Waals surface area contributed by atoms with Crippen molar-refractivity contribution in [3.63, 3.8) is 0 Å². The largest absolute Gasteiger partial charge is 2.00 e. The molecule has 0 aromatic heterocycles. The first kappa shape index (κ1) is 30.9. The van der Waals surface area contributed by atoms with Crippen LogP contribution in [0.25, 0.3) is 0 Å². The minimum atomic E-state index is 0. The van der Waals surface area contributed by atoms with Gasteiger partial charge in [0.2, 0.25) is 0 Å². The minimum Gasteiger partial charge on any atom is -0.411 e. The molecule has 0 rings (SSSR count). The Morgan fingerprint density at radius 1 is 0.600 bits per heavy atom. The van der Waals surface area contributed by atoms with Crippen LogP contribution < -0.4 is 0 Å². The molecule has 0 saturated heterocycles. The fourth-order valence-electron chi connectivity index (χ4n) is 1.98. The topological polar surface area (TPSA) is 6.48 Å². The summed E-state index contributed by atoms with van der Waals surface area (Å²) in [6, 6.07) is 0. The zero-order valence-corrected chi connectivity index (χ0v) is 23.7. The monoisotopic (exact) mass is 616 g/mol. The van der Waals surface area contributed by atoms with Crippen LogP contribution >= 0.6 is 24.4 Å². The second-order valence-corrected chi connectivity index (χ2v) is 7.98. The van der Waals surface area contributed by atoms with Crippen LogP contribution in [0.2, 0.25) is 0 Å². The number of hydrogen-bond donors (Lipinski definition) is 0. The van der Waals surface area contributed by atoms with E-state index in [0.29, 0.717) is 8.64 Å². The van der Waals surface area contributed by atoms with Crippen LogP contribution in [0.1, 0.15) is 79.1 Å². The van der Waals surface area contributed by atoms with Gasteiger partial charge in [0.15, 0.2) is 0 Å². The third kappa shape index (κ3) is 21.3. The molecule has 0 unspecified atom stereocenters. The van der Waals surface area contributed by atoms with Gasteiger partial charge in [-0.15, -0.1) is 0 Å². The minimum absolute atomic E-state index is 0. The van der Waals surface area contributed by atoms with E-state index in [9.17, 15) is 0 Å². The van der Waals surface area contributed by atoms with E-state index in [1.165, 1.54) is 51.4 Å². The summed E-state index contributed by atoms with van der Waals surface area (Å²) in [6.07, 6.45) is 9.62. The molecule has 0 amide bonds. The van der Waals surface area contributed by atoms with Gasteiger partial charge in [-0.3, -0.25) is 0 Å². The van der Waals surface area contributed by atoms with Gasteiger partial charge >= 0.3 is 27.3 Å². The first-order valence-electron chi connectivity index (χ1n) is 9.36. The smallest absolute Gasteiger partial charge is 0.411 e. The van der Waals surface area contributed by atoms with Crippen molar-refractivity contribution in [2.45, 2.75) is 79.1 Å². The van der Waals surface area contributed by atoms with Crippen molar-refractivity contribution >= 4 is 85.6 Å². The summed E-state index contributed by atoms with van der Waals surface area (Å²) < 4.78 is 1.27. The second-order valence-electron chi connectivity index (χ2n) is 5.92. The van der Waals surface area contributed by atoms with E-state index < -0.39 is 0 Å². The number of thiocarbonyl (C=S) groups is 2. The Bertz CT molecular complexity index is 271. The average Bonchev–Trinajstić information content (AvgIpc) is 2.55. The molecule has 0 spiro atoms. The van der Waals surface area contributed by atoms with Crippen LogP contribution in [-0.4, -0.2) is 71.9 Å². The molecule has 0 aliphatic carbocycles. The Balaban J connectivity index is -0.000000372.